The number of ether oxygens (including phenoxy) is 3. The molecule has 9 atom stereocenters. The maximum Gasteiger partial charge on any atom is 0.331 e. The topological polar surface area (TPSA) is 166 Å². The number of allylic oxidation sites excluding steroid dienone is 5. The Kier molecular flexibility index (Phi) is 16.2. The molecule has 1 fully saturated rings. The van der Waals surface area contributed by atoms with Crippen molar-refractivity contribution in [2.24, 2.45) is 0 Å². The van der Waals surface area contributed by atoms with Gasteiger partial charge in [-0.1, -0.05) is 61.1 Å². The van der Waals surface area contributed by atoms with Crippen LogP contribution in [0, 0.1) is 0 Å². The van der Waals surface area contributed by atoms with E-state index < -0.39 is 61.6 Å². The van der Waals surface area contributed by atoms with Gasteiger partial charge in [-0.15, -0.1) is 0 Å². The maximum absolute atomic E-state index is 12.1. The molecule has 0 bridgehead atoms. The molecule has 40 heavy (non-hydrogen) atoms. The molecular weight excluding hydrogens is 520 g/mol. The van der Waals surface area contributed by atoms with E-state index in [1.54, 1.807) is 48.6 Å². The van der Waals surface area contributed by atoms with Gasteiger partial charge in [0, 0.05) is 12.5 Å². The van der Waals surface area contributed by atoms with Gasteiger partial charge in [0.25, 0.3) is 0 Å². The second-order valence-electron chi connectivity index (χ2n) is 10.2. The Bertz CT molecular complexity index is 865. The fraction of sp³-hybridized carbons (Fsp3) is 0.633. The Morgan fingerprint density at radius 3 is 2.40 bits per heavy atom. The summed E-state index contributed by atoms with van der Waals surface area (Å²) in [6.07, 6.45) is 12.8. The molecule has 0 aromatic heterocycles. The van der Waals surface area contributed by atoms with Crippen LogP contribution in [0.1, 0.15) is 58.3 Å². The number of cyclic esters (lactones) is 1. The van der Waals surface area contributed by atoms with E-state index >= 15 is 0 Å². The number of aliphatic hydroxyl groups excluding tert-OH is 6. The van der Waals surface area contributed by atoms with E-state index in [2.05, 4.69) is 0 Å². The molecule has 10 heteroatoms. The average molecular weight is 567 g/mol. The van der Waals surface area contributed by atoms with Crippen molar-refractivity contribution in [2.45, 2.75) is 113 Å². The molecule has 2 aliphatic rings. The Morgan fingerprint density at radius 2 is 1.62 bits per heavy atom. The lowest BCUT2D eigenvalue weighted by molar-refractivity contribution is -0.307. The summed E-state index contributed by atoms with van der Waals surface area (Å²) >= 11 is 0. The molecular formula is C30H46O10. The van der Waals surface area contributed by atoms with Gasteiger partial charge in [0.1, 0.15) is 24.4 Å². The summed E-state index contributed by atoms with van der Waals surface area (Å²) in [5.74, 6) is -0.440. The van der Waals surface area contributed by atoms with E-state index in [9.17, 15) is 35.4 Å². The first kappa shape index (κ1) is 34.1. The zero-order valence-electron chi connectivity index (χ0n) is 23.1. The van der Waals surface area contributed by atoms with Gasteiger partial charge in [0.2, 0.25) is 0 Å². The quantitative estimate of drug-likeness (QED) is 0.219. The lowest BCUT2D eigenvalue weighted by Crippen LogP contribution is -2.59. The molecule has 6 N–H and O–H groups in total. The minimum absolute atomic E-state index is 0.208. The van der Waals surface area contributed by atoms with Crippen molar-refractivity contribution in [2.75, 3.05) is 6.61 Å². The minimum atomic E-state index is -1.56. The molecule has 0 unspecified atom stereocenters. The largest absolute Gasteiger partial charge is 0.460 e. The third-order valence-electron chi connectivity index (χ3n) is 6.66. The molecule has 2 rings (SSSR count). The highest BCUT2D eigenvalue weighted by Gasteiger charge is 2.44. The second kappa shape index (κ2) is 19.1. The fourth-order valence-electron chi connectivity index (χ4n) is 4.33. The van der Waals surface area contributed by atoms with Gasteiger partial charge in [0.15, 0.2) is 6.29 Å². The molecule has 226 valence electrons. The van der Waals surface area contributed by atoms with E-state index in [0.29, 0.717) is 12.8 Å². The van der Waals surface area contributed by atoms with Crippen molar-refractivity contribution >= 4 is 5.97 Å². The van der Waals surface area contributed by atoms with Crippen LogP contribution in [0.3, 0.4) is 0 Å². The van der Waals surface area contributed by atoms with Gasteiger partial charge in [-0.25, -0.2) is 4.79 Å². The number of rotatable bonds is 3. The predicted octanol–water partition coefficient (Wildman–Crippen LogP) is 1.74. The Balaban J connectivity index is 2.10. The third-order valence-corrected chi connectivity index (χ3v) is 6.66. The smallest absolute Gasteiger partial charge is 0.331 e. The van der Waals surface area contributed by atoms with Crippen LogP contribution in [0.2, 0.25) is 0 Å². The highest BCUT2D eigenvalue weighted by Crippen LogP contribution is 2.24. The van der Waals surface area contributed by atoms with Crippen LogP contribution in [0.4, 0.5) is 0 Å². The Labute approximate surface area is 236 Å². The van der Waals surface area contributed by atoms with Gasteiger partial charge in [-0.05, 0) is 45.4 Å². The third kappa shape index (κ3) is 13.0. The lowest BCUT2D eigenvalue weighted by atomic mass is 9.99. The molecule has 0 radical (unpaired) electrons. The van der Waals surface area contributed by atoms with Crippen molar-refractivity contribution < 1.29 is 49.6 Å². The van der Waals surface area contributed by atoms with Gasteiger partial charge < -0.3 is 44.8 Å². The van der Waals surface area contributed by atoms with E-state index in [1.807, 2.05) is 13.0 Å². The molecule has 0 aromatic rings. The summed E-state index contributed by atoms with van der Waals surface area (Å²) in [7, 11) is 0. The normalized spacial score (nSPS) is 37.8. The van der Waals surface area contributed by atoms with Crippen molar-refractivity contribution in [1.29, 1.82) is 0 Å². The minimum Gasteiger partial charge on any atom is -0.460 e. The van der Waals surface area contributed by atoms with Crippen LogP contribution in [0.25, 0.3) is 0 Å². The van der Waals surface area contributed by atoms with Crippen LogP contribution in [0.5, 0.6) is 0 Å². The molecule has 0 aliphatic carbocycles. The molecule has 2 heterocycles. The van der Waals surface area contributed by atoms with E-state index in [-0.39, 0.29) is 12.5 Å². The Morgan fingerprint density at radius 1 is 0.875 bits per heavy atom. The van der Waals surface area contributed by atoms with Gasteiger partial charge in [-0.3, -0.25) is 0 Å². The highest BCUT2D eigenvalue weighted by molar-refractivity contribution is 5.82. The molecule has 1 saturated heterocycles. The van der Waals surface area contributed by atoms with Crippen LogP contribution in [0.15, 0.2) is 60.8 Å². The summed E-state index contributed by atoms with van der Waals surface area (Å²) in [4.78, 5) is 12.1. The first-order chi connectivity index (χ1) is 19.2. The molecule has 0 saturated carbocycles. The van der Waals surface area contributed by atoms with Crippen molar-refractivity contribution in [3.63, 3.8) is 0 Å². The van der Waals surface area contributed by atoms with E-state index in [1.165, 1.54) is 6.08 Å². The lowest BCUT2D eigenvalue weighted by Gasteiger charge is -2.40. The van der Waals surface area contributed by atoms with Crippen molar-refractivity contribution in [3.8, 4) is 0 Å². The predicted molar refractivity (Wildman–Crippen MR) is 149 cm³/mol. The first-order valence-corrected chi connectivity index (χ1v) is 14.1. The van der Waals surface area contributed by atoms with Gasteiger partial charge in [0.05, 0.1) is 31.0 Å². The summed E-state index contributed by atoms with van der Waals surface area (Å²) in [6, 6.07) is 0. The molecule has 0 aromatic carbocycles. The Hall–Kier alpha value is -2.15. The monoisotopic (exact) mass is 566 g/mol. The number of esters is 1. The number of carbonyl (C=O) groups is 1. The standard InChI is InChI=1S/C30H46O10/c1-21-13-7-3-2-4-8-14-22(32)19-23(33)15-9-5-10-16-24(17-11-6-12-18-26(34)38-21)39-30-29(37)28(36)27(35)25(20-31)40-30/h5-6,8-12,14,16,18,21-25,27-33,35-37H,2-4,7,13,15,17,19-20H2,1H3/b9-5?,11-6-,14-8-,16-10?,18-12?/t21-,22+,23+,24-,25+,27+,28-,29+,30+/m1/s1. The fourth-order valence-corrected chi connectivity index (χ4v) is 4.33. The van der Waals surface area contributed by atoms with Crippen LogP contribution in [-0.2, 0) is 19.0 Å². The molecule has 0 spiro atoms. The number of aliphatic hydroxyl groups is 6. The maximum atomic E-state index is 12.1. The number of carbonyl (C=O) groups excluding carboxylic acids is 1. The highest BCUT2D eigenvalue weighted by atomic mass is 16.7. The zero-order valence-corrected chi connectivity index (χ0v) is 23.1. The van der Waals surface area contributed by atoms with Crippen LogP contribution in [-0.4, -0.2) is 98.3 Å². The number of hydrogen-bond donors (Lipinski definition) is 6. The van der Waals surface area contributed by atoms with Crippen LogP contribution < -0.4 is 0 Å². The second-order valence-corrected chi connectivity index (χ2v) is 10.2. The van der Waals surface area contributed by atoms with Gasteiger partial charge in [-0.2, -0.15) is 0 Å². The van der Waals surface area contributed by atoms with E-state index in [4.69, 9.17) is 14.2 Å². The van der Waals surface area contributed by atoms with Crippen molar-refractivity contribution in [3.05, 3.63) is 60.8 Å². The summed E-state index contributed by atoms with van der Waals surface area (Å²) < 4.78 is 16.7. The van der Waals surface area contributed by atoms with Gasteiger partial charge >= 0.3 is 5.97 Å². The molecule has 10 nitrogen and oxygen atoms in total. The zero-order chi connectivity index (χ0) is 29.3. The first-order valence-electron chi connectivity index (χ1n) is 14.1. The summed E-state index contributed by atoms with van der Waals surface area (Å²) in [6.45, 7) is 1.29. The summed E-state index contributed by atoms with van der Waals surface area (Å²) in [5.41, 5.74) is 0. The van der Waals surface area contributed by atoms with Crippen molar-refractivity contribution in [1.82, 2.24) is 0 Å². The molecule has 2 aliphatic heterocycles. The SMILES string of the molecule is C[C@@H]1CCCCC/C=C\[C@H](O)C[C@@H](O)CC=CC=C[C@@H](O[C@H]2O[C@@H](CO)[C@H](O)[C@@H](O)[C@@H]2O)C/C=C\C=CC(=O)O1. The van der Waals surface area contributed by atoms with Crippen LogP contribution >= 0.6 is 0 Å². The number of hydrogen-bond acceptors (Lipinski definition) is 10. The summed E-state index contributed by atoms with van der Waals surface area (Å²) in [5, 5.41) is 60.2. The average Bonchev–Trinajstić information content (AvgIpc) is 2.91. The van der Waals surface area contributed by atoms with E-state index in [0.717, 1.165) is 32.1 Å². The molecule has 0 amide bonds.